The van der Waals surface area contributed by atoms with Crippen molar-refractivity contribution in [2.45, 2.75) is 84.3 Å². The van der Waals surface area contributed by atoms with Crippen molar-refractivity contribution < 1.29 is 15.0 Å². The fourth-order valence-electron chi connectivity index (χ4n) is 7.93. The van der Waals surface area contributed by atoms with Crippen LogP contribution in [0.1, 0.15) is 72.1 Å². The van der Waals surface area contributed by atoms with E-state index in [4.69, 9.17) is 0 Å². The second-order valence-electron chi connectivity index (χ2n) is 10.0. The van der Waals surface area contributed by atoms with Gasteiger partial charge in [0.05, 0.1) is 12.2 Å². The minimum Gasteiger partial charge on any atom is -0.393 e. The number of carbonyl (C=O) groups is 1. The quantitative estimate of drug-likeness (QED) is 0.771. The number of aliphatic hydroxyl groups excluding tert-OH is 2. The monoisotopic (exact) mass is 334 g/mol. The molecular formula is C21H34O3. The largest absolute Gasteiger partial charge is 0.393 e. The maximum atomic E-state index is 12.2. The zero-order valence-electron chi connectivity index (χ0n) is 15.5. The molecule has 4 fully saturated rings. The summed E-state index contributed by atoms with van der Waals surface area (Å²) >= 11 is 0. The van der Waals surface area contributed by atoms with Crippen molar-refractivity contribution in [3.8, 4) is 0 Å². The van der Waals surface area contributed by atoms with Gasteiger partial charge in [0.2, 0.25) is 0 Å². The molecule has 4 aliphatic rings. The lowest BCUT2D eigenvalue weighted by atomic mass is 9.44. The zero-order chi connectivity index (χ0) is 17.3. The molecule has 0 radical (unpaired) electrons. The molecule has 3 nitrogen and oxygen atoms in total. The van der Waals surface area contributed by atoms with E-state index in [2.05, 4.69) is 13.8 Å². The third kappa shape index (κ3) is 2.19. The first-order valence-corrected chi connectivity index (χ1v) is 10.1. The lowest BCUT2D eigenvalue weighted by Crippen LogP contribution is -2.55. The fourth-order valence-corrected chi connectivity index (χ4v) is 7.93. The summed E-state index contributed by atoms with van der Waals surface area (Å²) < 4.78 is 0. The number of hydrogen-bond acceptors (Lipinski definition) is 3. The molecule has 0 aromatic rings. The van der Waals surface area contributed by atoms with Crippen molar-refractivity contribution in [1.29, 1.82) is 0 Å². The molecule has 9 atom stereocenters. The highest BCUT2D eigenvalue weighted by Gasteiger charge is 2.63. The molecule has 4 rings (SSSR count). The molecule has 0 aromatic carbocycles. The molecule has 136 valence electrons. The molecule has 0 bridgehead atoms. The molecule has 24 heavy (non-hydrogen) atoms. The molecule has 0 amide bonds. The van der Waals surface area contributed by atoms with Crippen molar-refractivity contribution in [3.05, 3.63) is 0 Å². The highest BCUT2D eigenvalue weighted by Crippen LogP contribution is 2.67. The number of ketones is 1. The van der Waals surface area contributed by atoms with Crippen LogP contribution >= 0.6 is 0 Å². The Balaban J connectivity index is 1.65. The summed E-state index contributed by atoms with van der Waals surface area (Å²) in [5.74, 6) is 2.51. The maximum Gasteiger partial charge on any atom is 0.133 e. The summed E-state index contributed by atoms with van der Waals surface area (Å²) in [5, 5.41) is 21.0. The van der Waals surface area contributed by atoms with Gasteiger partial charge in [-0.15, -0.1) is 0 Å². The van der Waals surface area contributed by atoms with Crippen molar-refractivity contribution in [2.75, 3.05) is 0 Å². The molecule has 0 aliphatic heterocycles. The lowest BCUT2D eigenvalue weighted by Gasteiger charge is -2.61. The van der Waals surface area contributed by atoms with E-state index < -0.39 is 0 Å². The first kappa shape index (κ1) is 17.0. The standard InChI is InChI=1S/C21H34O3/c1-12(22)17-11-18(24)19-15-5-4-13-10-14(23)6-8-20(13,2)16(15)7-9-21(17,19)3/h13-19,23-24H,4-11H2,1-3H3/t13?,14?,15-,16+,17-,18?,19-,20+,21-/m1/s1. The maximum absolute atomic E-state index is 12.2. The topological polar surface area (TPSA) is 57.5 Å². The molecule has 0 heterocycles. The lowest BCUT2D eigenvalue weighted by molar-refractivity contribution is -0.145. The van der Waals surface area contributed by atoms with E-state index in [1.54, 1.807) is 6.92 Å². The van der Waals surface area contributed by atoms with E-state index in [0.717, 1.165) is 25.7 Å². The van der Waals surface area contributed by atoms with Crippen molar-refractivity contribution in [3.63, 3.8) is 0 Å². The molecule has 0 aromatic heterocycles. The van der Waals surface area contributed by atoms with Gasteiger partial charge in [-0.2, -0.15) is 0 Å². The van der Waals surface area contributed by atoms with Crippen LogP contribution in [0, 0.1) is 40.4 Å². The second-order valence-corrected chi connectivity index (χ2v) is 10.0. The van der Waals surface area contributed by atoms with Gasteiger partial charge in [-0.25, -0.2) is 0 Å². The summed E-state index contributed by atoms with van der Waals surface area (Å²) in [6.45, 7) is 6.47. The summed E-state index contributed by atoms with van der Waals surface area (Å²) in [6.07, 6.45) is 7.99. The molecule has 0 saturated heterocycles. The van der Waals surface area contributed by atoms with Gasteiger partial charge in [-0.3, -0.25) is 4.79 Å². The summed E-state index contributed by atoms with van der Waals surface area (Å²) in [5.41, 5.74) is 0.335. The Labute approximate surface area is 146 Å². The van der Waals surface area contributed by atoms with Crippen molar-refractivity contribution in [1.82, 2.24) is 0 Å². The predicted octanol–water partition coefficient (Wildman–Crippen LogP) is 3.57. The highest BCUT2D eigenvalue weighted by molar-refractivity contribution is 5.79. The van der Waals surface area contributed by atoms with Crippen LogP contribution in [-0.2, 0) is 4.79 Å². The van der Waals surface area contributed by atoms with Gasteiger partial charge in [-0.05, 0) is 92.8 Å². The van der Waals surface area contributed by atoms with E-state index >= 15 is 0 Å². The van der Waals surface area contributed by atoms with Gasteiger partial charge in [0.1, 0.15) is 5.78 Å². The smallest absolute Gasteiger partial charge is 0.133 e. The van der Waals surface area contributed by atoms with E-state index in [-0.39, 0.29) is 29.3 Å². The van der Waals surface area contributed by atoms with E-state index in [0.29, 0.717) is 35.5 Å². The average Bonchev–Trinajstić information content (AvgIpc) is 2.80. The van der Waals surface area contributed by atoms with Gasteiger partial charge < -0.3 is 10.2 Å². The highest BCUT2D eigenvalue weighted by atomic mass is 16.3. The Kier molecular flexibility index (Phi) is 3.93. The van der Waals surface area contributed by atoms with Crippen LogP contribution < -0.4 is 0 Å². The Bertz CT molecular complexity index is 531. The van der Waals surface area contributed by atoms with E-state index in [1.807, 2.05) is 0 Å². The predicted molar refractivity (Wildman–Crippen MR) is 93.3 cm³/mol. The SMILES string of the molecule is CC(=O)[C@H]1CC(O)[C@H]2[C@@H]3CCC4CC(O)CC[C@]4(C)[C@H]3CC[C@]12C. The molecule has 4 aliphatic carbocycles. The average molecular weight is 335 g/mol. The Morgan fingerprint density at radius 1 is 0.958 bits per heavy atom. The fraction of sp³-hybridized carbons (Fsp3) is 0.952. The van der Waals surface area contributed by atoms with Crippen molar-refractivity contribution >= 4 is 5.78 Å². The molecule has 3 unspecified atom stereocenters. The van der Waals surface area contributed by atoms with Gasteiger partial charge in [0.25, 0.3) is 0 Å². The zero-order valence-corrected chi connectivity index (χ0v) is 15.5. The van der Waals surface area contributed by atoms with Crippen LogP contribution in [-0.4, -0.2) is 28.2 Å². The van der Waals surface area contributed by atoms with E-state index in [9.17, 15) is 15.0 Å². The molecule has 0 spiro atoms. The van der Waals surface area contributed by atoms with Gasteiger partial charge >= 0.3 is 0 Å². The number of hydrogen-bond donors (Lipinski definition) is 2. The first-order valence-electron chi connectivity index (χ1n) is 10.1. The molecular weight excluding hydrogens is 300 g/mol. The molecule has 4 saturated carbocycles. The van der Waals surface area contributed by atoms with E-state index in [1.165, 1.54) is 19.3 Å². The van der Waals surface area contributed by atoms with Crippen LogP contribution in [0.2, 0.25) is 0 Å². The number of carbonyl (C=O) groups excluding carboxylic acids is 1. The minimum absolute atomic E-state index is 0.00376. The Morgan fingerprint density at radius 2 is 1.67 bits per heavy atom. The summed E-state index contributed by atoms with van der Waals surface area (Å²) in [6, 6.07) is 0. The molecule has 3 heteroatoms. The van der Waals surface area contributed by atoms with Gasteiger partial charge in [0.15, 0.2) is 0 Å². The number of aliphatic hydroxyl groups is 2. The van der Waals surface area contributed by atoms with Crippen LogP contribution in [0.4, 0.5) is 0 Å². The third-order valence-electron chi connectivity index (χ3n) is 9.11. The summed E-state index contributed by atoms with van der Waals surface area (Å²) in [4.78, 5) is 12.2. The molecule has 2 N–H and O–H groups in total. The summed E-state index contributed by atoms with van der Waals surface area (Å²) in [7, 11) is 0. The van der Waals surface area contributed by atoms with Crippen LogP contribution in [0.25, 0.3) is 0 Å². The van der Waals surface area contributed by atoms with Crippen LogP contribution in [0.5, 0.6) is 0 Å². The number of fused-ring (bicyclic) bond motifs is 5. The normalized spacial score (nSPS) is 57.0. The second kappa shape index (κ2) is 5.54. The Hall–Kier alpha value is -0.410. The minimum atomic E-state index is -0.300. The number of rotatable bonds is 1. The van der Waals surface area contributed by atoms with Gasteiger partial charge in [-0.1, -0.05) is 13.8 Å². The number of Topliss-reactive ketones (excluding diaryl/α,β-unsaturated/α-hetero) is 1. The first-order chi connectivity index (χ1) is 11.3. The van der Waals surface area contributed by atoms with Crippen molar-refractivity contribution in [2.24, 2.45) is 40.4 Å². The Morgan fingerprint density at radius 3 is 2.38 bits per heavy atom. The van der Waals surface area contributed by atoms with Crippen LogP contribution in [0.3, 0.4) is 0 Å². The third-order valence-corrected chi connectivity index (χ3v) is 9.11. The van der Waals surface area contributed by atoms with Crippen LogP contribution in [0.15, 0.2) is 0 Å². The van der Waals surface area contributed by atoms with Gasteiger partial charge in [0, 0.05) is 5.92 Å².